The number of nitrogens with one attached hydrogen (secondary N) is 1. The number of hydrogen-bond acceptors (Lipinski definition) is 3. The zero-order valence-corrected chi connectivity index (χ0v) is 14.5. The number of carbonyl (C=O) groups is 1. The molecule has 26 heavy (non-hydrogen) atoms. The van der Waals surface area contributed by atoms with E-state index in [1.165, 1.54) is 10.4 Å². The van der Waals surface area contributed by atoms with Gasteiger partial charge in [0.15, 0.2) is 5.82 Å². The SMILES string of the molecule is O=C(Nc1cnn(-c2ccccc2)n1)N1CC[C@H](Cc2ccccc2)C1. The number of anilines is 1. The van der Waals surface area contributed by atoms with E-state index in [2.05, 4.69) is 39.8 Å². The summed E-state index contributed by atoms with van der Waals surface area (Å²) >= 11 is 0. The summed E-state index contributed by atoms with van der Waals surface area (Å²) in [7, 11) is 0. The largest absolute Gasteiger partial charge is 0.324 e. The first-order valence-electron chi connectivity index (χ1n) is 8.85. The van der Waals surface area contributed by atoms with Crippen molar-refractivity contribution in [3.8, 4) is 5.69 Å². The summed E-state index contributed by atoms with van der Waals surface area (Å²) in [4.78, 5) is 15.9. The van der Waals surface area contributed by atoms with E-state index in [0.717, 1.165) is 31.6 Å². The molecule has 0 saturated carbocycles. The van der Waals surface area contributed by atoms with Crippen molar-refractivity contribution in [2.45, 2.75) is 12.8 Å². The average Bonchev–Trinajstić information content (AvgIpc) is 3.33. The Bertz CT molecular complexity index is 862. The summed E-state index contributed by atoms with van der Waals surface area (Å²) in [6.45, 7) is 1.55. The van der Waals surface area contributed by atoms with Crippen LogP contribution in [0.2, 0.25) is 0 Å². The molecule has 4 rings (SSSR count). The van der Waals surface area contributed by atoms with Gasteiger partial charge in [-0.25, -0.2) is 4.79 Å². The fourth-order valence-electron chi connectivity index (χ4n) is 3.33. The molecule has 1 aliphatic rings. The minimum atomic E-state index is -0.110. The number of urea groups is 1. The van der Waals surface area contributed by atoms with Crippen molar-refractivity contribution in [3.05, 3.63) is 72.4 Å². The van der Waals surface area contributed by atoms with Crippen molar-refractivity contribution < 1.29 is 4.79 Å². The van der Waals surface area contributed by atoms with Gasteiger partial charge < -0.3 is 4.90 Å². The molecule has 0 unspecified atom stereocenters. The fourth-order valence-corrected chi connectivity index (χ4v) is 3.33. The van der Waals surface area contributed by atoms with Crippen LogP contribution in [0.4, 0.5) is 10.6 Å². The molecule has 1 aliphatic heterocycles. The maximum absolute atomic E-state index is 12.5. The van der Waals surface area contributed by atoms with Crippen molar-refractivity contribution in [1.82, 2.24) is 19.9 Å². The van der Waals surface area contributed by atoms with Crippen LogP contribution < -0.4 is 5.32 Å². The highest BCUT2D eigenvalue weighted by Gasteiger charge is 2.26. The molecule has 0 spiro atoms. The second-order valence-corrected chi connectivity index (χ2v) is 6.58. The number of rotatable bonds is 4. The predicted octanol–water partition coefficient (Wildman–Crippen LogP) is 3.36. The number of carbonyl (C=O) groups excluding carboxylic acids is 1. The van der Waals surface area contributed by atoms with Crippen molar-refractivity contribution in [3.63, 3.8) is 0 Å². The van der Waals surface area contributed by atoms with Crippen LogP contribution in [-0.4, -0.2) is 39.0 Å². The lowest BCUT2D eigenvalue weighted by Gasteiger charge is -2.16. The van der Waals surface area contributed by atoms with Crippen LogP contribution in [0.1, 0.15) is 12.0 Å². The van der Waals surface area contributed by atoms with Crippen molar-refractivity contribution in [1.29, 1.82) is 0 Å². The minimum Gasteiger partial charge on any atom is -0.324 e. The zero-order valence-electron chi connectivity index (χ0n) is 14.5. The van der Waals surface area contributed by atoms with Crippen molar-refractivity contribution >= 4 is 11.8 Å². The van der Waals surface area contributed by atoms with Crippen LogP contribution in [0.5, 0.6) is 0 Å². The van der Waals surface area contributed by atoms with Crippen LogP contribution in [0.3, 0.4) is 0 Å². The number of likely N-dealkylation sites (tertiary alicyclic amines) is 1. The van der Waals surface area contributed by atoms with Crippen LogP contribution in [0, 0.1) is 5.92 Å². The fraction of sp³-hybridized carbons (Fsp3) is 0.250. The van der Waals surface area contributed by atoms with E-state index in [1.54, 1.807) is 6.20 Å². The highest BCUT2D eigenvalue weighted by Crippen LogP contribution is 2.21. The molecule has 2 amide bonds. The van der Waals surface area contributed by atoms with E-state index in [1.807, 2.05) is 41.3 Å². The third-order valence-electron chi connectivity index (χ3n) is 4.65. The summed E-state index contributed by atoms with van der Waals surface area (Å²) in [6, 6.07) is 19.9. The molecule has 1 saturated heterocycles. The number of nitrogens with zero attached hydrogens (tertiary/aromatic N) is 4. The van der Waals surface area contributed by atoms with Gasteiger partial charge in [0, 0.05) is 13.1 Å². The van der Waals surface area contributed by atoms with Crippen LogP contribution in [0.25, 0.3) is 5.69 Å². The standard InChI is InChI=1S/C20H21N5O/c26-20(22-19-14-21-25(23-19)18-9-5-2-6-10-18)24-12-11-17(15-24)13-16-7-3-1-4-8-16/h1-10,14,17H,11-13,15H2,(H,22,23,26)/t17-/m1/s1. The van der Waals surface area contributed by atoms with Gasteiger partial charge in [-0.05, 0) is 36.5 Å². The zero-order chi connectivity index (χ0) is 17.8. The summed E-state index contributed by atoms with van der Waals surface area (Å²) in [5.74, 6) is 0.966. The minimum absolute atomic E-state index is 0.110. The van der Waals surface area contributed by atoms with Gasteiger partial charge in [-0.1, -0.05) is 48.5 Å². The lowest BCUT2D eigenvalue weighted by molar-refractivity contribution is 0.220. The van der Waals surface area contributed by atoms with E-state index in [-0.39, 0.29) is 6.03 Å². The summed E-state index contributed by atoms with van der Waals surface area (Å²) in [6.07, 6.45) is 3.61. The van der Waals surface area contributed by atoms with Gasteiger partial charge in [-0.15, -0.1) is 9.90 Å². The molecule has 6 heteroatoms. The van der Waals surface area contributed by atoms with Gasteiger partial charge in [0.2, 0.25) is 0 Å². The van der Waals surface area contributed by atoms with E-state index in [9.17, 15) is 4.79 Å². The molecule has 0 radical (unpaired) electrons. The number of benzene rings is 2. The van der Waals surface area contributed by atoms with Gasteiger partial charge in [0.25, 0.3) is 0 Å². The molecule has 1 aromatic heterocycles. The van der Waals surface area contributed by atoms with Crippen LogP contribution >= 0.6 is 0 Å². The maximum atomic E-state index is 12.5. The van der Waals surface area contributed by atoms with E-state index in [4.69, 9.17) is 0 Å². The number of hydrogen-bond donors (Lipinski definition) is 1. The molecule has 2 aromatic carbocycles. The Hall–Kier alpha value is -3.15. The third-order valence-corrected chi connectivity index (χ3v) is 4.65. The molecular weight excluding hydrogens is 326 g/mol. The molecule has 1 N–H and O–H groups in total. The second-order valence-electron chi connectivity index (χ2n) is 6.58. The Labute approximate surface area is 152 Å². The maximum Gasteiger partial charge on any atom is 0.323 e. The molecule has 1 atom stereocenters. The quantitative estimate of drug-likeness (QED) is 0.787. The lowest BCUT2D eigenvalue weighted by atomic mass is 9.99. The Balaban J connectivity index is 1.34. The van der Waals surface area contributed by atoms with Gasteiger partial charge >= 0.3 is 6.03 Å². The summed E-state index contributed by atoms with van der Waals surface area (Å²) in [5.41, 5.74) is 2.18. The average molecular weight is 347 g/mol. The topological polar surface area (TPSA) is 63.1 Å². The van der Waals surface area contributed by atoms with Crippen LogP contribution in [0.15, 0.2) is 66.9 Å². The first kappa shape index (κ1) is 16.3. The van der Waals surface area contributed by atoms with E-state index < -0.39 is 0 Å². The molecule has 0 aliphatic carbocycles. The van der Waals surface area contributed by atoms with Gasteiger partial charge in [0.05, 0.1) is 11.9 Å². The summed E-state index contributed by atoms with van der Waals surface area (Å²) < 4.78 is 0. The van der Waals surface area contributed by atoms with Gasteiger partial charge in [0.1, 0.15) is 0 Å². The van der Waals surface area contributed by atoms with Gasteiger partial charge in [-0.2, -0.15) is 5.10 Å². The smallest absolute Gasteiger partial charge is 0.323 e. The Morgan fingerprint density at radius 3 is 2.58 bits per heavy atom. The Morgan fingerprint density at radius 2 is 1.81 bits per heavy atom. The van der Waals surface area contributed by atoms with E-state index in [0.29, 0.717) is 11.7 Å². The number of amides is 2. The molecule has 3 aromatic rings. The molecule has 2 heterocycles. The molecule has 1 fully saturated rings. The Morgan fingerprint density at radius 1 is 1.08 bits per heavy atom. The van der Waals surface area contributed by atoms with Gasteiger partial charge in [-0.3, -0.25) is 5.32 Å². The summed E-state index contributed by atoms with van der Waals surface area (Å²) in [5, 5.41) is 11.4. The predicted molar refractivity (Wildman–Crippen MR) is 100 cm³/mol. The van der Waals surface area contributed by atoms with Crippen molar-refractivity contribution in [2.24, 2.45) is 5.92 Å². The number of para-hydroxylation sites is 1. The first-order chi connectivity index (χ1) is 12.8. The highest BCUT2D eigenvalue weighted by atomic mass is 16.2. The molecule has 0 bridgehead atoms. The number of aromatic nitrogens is 3. The first-order valence-corrected chi connectivity index (χ1v) is 8.85. The monoisotopic (exact) mass is 347 g/mol. The van der Waals surface area contributed by atoms with Crippen LogP contribution in [-0.2, 0) is 6.42 Å². The molecule has 6 nitrogen and oxygen atoms in total. The van der Waals surface area contributed by atoms with E-state index >= 15 is 0 Å². The normalized spacial score (nSPS) is 16.6. The third kappa shape index (κ3) is 3.74. The lowest BCUT2D eigenvalue weighted by Crippen LogP contribution is -2.33. The molecular formula is C20H21N5O. The molecule has 132 valence electrons. The Kier molecular flexibility index (Phi) is 4.64. The van der Waals surface area contributed by atoms with Crippen molar-refractivity contribution in [2.75, 3.05) is 18.4 Å². The highest BCUT2D eigenvalue weighted by molar-refractivity contribution is 5.88. The second kappa shape index (κ2) is 7.39.